The average Bonchev–Trinajstić information content (AvgIpc) is 2.45. The number of nitrogens with one attached hydrogen (secondary N) is 1. The van der Waals surface area contributed by atoms with Gasteiger partial charge in [-0.15, -0.1) is 0 Å². The summed E-state index contributed by atoms with van der Waals surface area (Å²) in [5, 5.41) is 3.95. The number of benzene rings is 1. The maximum atomic E-state index is 11.7. The molecule has 1 atom stereocenters. The quantitative estimate of drug-likeness (QED) is 0.877. The van der Waals surface area contributed by atoms with E-state index in [9.17, 15) is 4.79 Å². The summed E-state index contributed by atoms with van der Waals surface area (Å²) < 4.78 is 0. The minimum Gasteiger partial charge on any atom is -0.370 e. The van der Waals surface area contributed by atoms with Crippen molar-refractivity contribution in [2.45, 2.75) is 32.2 Å². The third-order valence-electron chi connectivity index (χ3n) is 3.81. The molecule has 1 aromatic carbocycles. The van der Waals surface area contributed by atoms with E-state index in [1.807, 2.05) is 12.1 Å². The summed E-state index contributed by atoms with van der Waals surface area (Å²) in [5.74, 6) is -0.472. The zero-order chi connectivity index (χ0) is 14.5. The molecule has 0 spiro atoms. The zero-order valence-electron chi connectivity index (χ0n) is 11.9. The van der Waals surface area contributed by atoms with Gasteiger partial charge in [0.25, 0.3) is 5.91 Å². The smallest absolute Gasteiger partial charge is 0.252 e. The van der Waals surface area contributed by atoms with Crippen LogP contribution in [-0.2, 0) is 0 Å². The molecule has 1 fully saturated rings. The summed E-state index contributed by atoms with van der Waals surface area (Å²) in [6.07, 6.45) is 3.67. The Bertz CT molecular complexity index is 472. The summed E-state index contributed by atoms with van der Waals surface area (Å²) in [5.41, 5.74) is 6.73. The van der Waals surface area contributed by atoms with E-state index in [0.717, 1.165) is 25.3 Å². The number of hydrogen-bond donors (Lipinski definition) is 2. The van der Waals surface area contributed by atoms with Crippen LogP contribution in [0.15, 0.2) is 18.2 Å². The van der Waals surface area contributed by atoms with E-state index >= 15 is 0 Å². The van der Waals surface area contributed by atoms with Crippen molar-refractivity contribution in [3.63, 3.8) is 0 Å². The Balaban J connectivity index is 2.22. The second kappa shape index (κ2) is 6.95. The Hall–Kier alpha value is -1.26. The molecule has 0 radical (unpaired) electrons. The molecule has 0 bridgehead atoms. The number of rotatable bonds is 5. The fourth-order valence-corrected chi connectivity index (χ4v) is 3.03. The molecule has 0 saturated carbocycles. The molecule has 20 heavy (non-hydrogen) atoms. The van der Waals surface area contributed by atoms with Gasteiger partial charge in [-0.1, -0.05) is 24.1 Å². The number of carbonyl (C=O) groups is 1. The highest BCUT2D eigenvalue weighted by atomic mass is 35.5. The third kappa shape index (κ3) is 3.44. The van der Waals surface area contributed by atoms with Gasteiger partial charge < -0.3 is 16.0 Å². The number of nitrogens with zero attached hydrogens (tertiary/aromatic N) is 1. The second-order valence-electron chi connectivity index (χ2n) is 5.18. The number of carbonyl (C=O) groups excluding carboxylic acids is 1. The molecule has 1 aliphatic heterocycles. The summed E-state index contributed by atoms with van der Waals surface area (Å²) in [6, 6.07) is 5.94. The van der Waals surface area contributed by atoms with Gasteiger partial charge in [0.05, 0.1) is 16.3 Å². The number of amides is 1. The topological polar surface area (TPSA) is 58.4 Å². The minimum atomic E-state index is -0.472. The van der Waals surface area contributed by atoms with Crippen LogP contribution in [0.3, 0.4) is 0 Å². The Morgan fingerprint density at radius 3 is 2.90 bits per heavy atom. The Morgan fingerprint density at radius 2 is 2.30 bits per heavy atom. The molecule has 1 aliphatic rings. The van der Waals surface area contributed by atoms with Gasteiger partial charge in [-0.3, -0.25) is 4.79 Å². The monoisotopic (exact) mass is 295 g/mol. The number of piperidine rings is 1. The average molecular weight is 296 g/mol. The fourth-order valence-electron chi connectivity index (χ4n) is 2.76. The molecule has 4 nitrogen and oxygen atoms in total. The third-order valence-corrected chi connectivity index (χ3v) is 4.13. The Morgan fingerprint density at radius 1 is 1.50 bits per heavy atom. The highest BCUT2D eigenvalue weighted by molar-refractivity contribution is 6.34. The number of hydrogen-bond acceptors (Lipinski definition) is 3. The van der Waals surface area contributed by atoms with Gasteiger partial charge in [0.1, 0.15) is 0 Å². The van der Waals surface area contributed by atoms with Gasteiger partial charge in [0.15, 0.2) is 0 Å². The molecule has 110 valence electrons. The van der Waals surface area contributed by atoms with Crippen molar-refractivity contribution in [1.29, 1.82) is 0 Å². The maximum Gasteiger partial charge on any atom is 0.252 e. The van der Waals surface area contributed by atoms with E-state index in [0.29, 0.717) is 16.6 Å². The number of likely N-dealkylation sites (N-methyl/N-ethyl adjacent to an activating group) is 1. The highest BCUT2D eigenvalue weighted by Crippen LogP contribution is 2.27. The van der Waals surface area contributed by atoms with Gasteiger partial charge in [0.2, 0.25) is 0 Å². The zero-order valence-corrected chi connectivity index (χ0v) is 12.6. The molecule has 2 rings (SSSR count). The minimum absolute atomic E-state index is 0.421. The lowest BCUT2D eigenvalue weighted by Crippen LogP contribution is -2.44. The van der Waals surface area contributed by atoms with Crippen LogP contribution in [0.5, 0.6) is 0 Å². The first-order valence-corrected chi connectivity index (χ1v) is 7.58. The standard InChI is InChI=1S/C15H22ClN3O/c1-2-19(10-11-6-3-4-9-18-11)13-8-5-7-12(16)14(13)15(17)20/h5,7-8,11,18H,2-4,6,9-10H2,1H3,(H2,17,20). The van der Waals surface area contributed by atoms with Gasteiger partial charge in [0, 0.05) is 19.1 Å². The van der Waals surface area contributed by atoms with Crippen molar-refractivity contribution in [2.24, 2.45) is 5.73 Å². The first kappa shape index (κ1) is 15.1. The molecule has 5 heteroatoms. The SMILES string of the molecule is CCN(CC1CCCCN1)c1cccc(Cl)c1C(N)=O. The van der Waals surface area contributed by atoms with Crippen LogP contribution in [0.4, 0.5) is 5.69 Å². The van der Waals surface area contributed by atoms with Crippen molar-refractivity contribution in [3.8, 4) is 0 Å². The van der Waals surface area contributed by atoms with E-state index < -0.39 is 5.91 Å². The predicted molar refractivity (Wildman–Crippen MR) is 83.5 cm³/mol. The van der Waals surface area contributed by atoms with Crippen molar-refractivity contribution in [2.75, 3.05) is 24.5 Å². The van der Waals surface area contributed by atoms with Gasteiger partial charge in [-0.2, -0.15) is 0 Å². The Labute approximate surface area is 125 Å². The van der Waals surface area contributed by atoms with E-state index in [-0.39, 0.29) is 0 Å². The lowest BCUT2D eigenvalue weighted by molar-refractivity contribution is 0.100. The van der Waals surface area contributed by atoms with Crippen molar-refractivity contribution in [1.82, 2.24) is 5.32 Å². The second-order valence-corrected chi connectivity index (χ2v) is 5.59. The van der Waals surface area contributed by atoms with Crippen LogP contribution in [0, 0.1) is 0 Å². The predicted octanol–water partition coefficient (Wildman–Crippen LogP) is 2.41. The molecule has 1 heterocycles. The molecular weight excluding hydrogens is 274 g/mol. The number of anilines is 1. The van der Waals surface area contributed by atoms with Crippen LogP contribution in [0.25, 0.3) is 0 Å². The van der Waals surface area contributed by atoms with Gasteiger partial charge in [-0.05, 0) is 38.4 Å². The Kier molecular flexibility index (Phi) is 5.26. The molecule has 1 unspecified atom stereocenters. The molecule has 0 aromatic heterocycles. The van der Waals surface area contributed by atoms with Crippen LogP contribution < -0.4 is 16.0 Å². The number of halogens is 1. The van der Waals surface area contributed by atoms with Gasteiger partial charge in [-0.25, -0.2) is 0 Å². The summed E-state index contributed by atoms with van der Waals surface area (Å²) in [7, 11) is 0. The van der Waals surface area contributed by atoms with Crippen LogP contribution in [0.2, 0.25) is 5.02 Å². The highest BCUT2D eigenvalue weighted by Gasteiger charge is 2.20. The lowest BCUT2D eigenvalue weighted by Gasteiger charge is -2.32. The van der Waals surface area contributed by atoms with Crippen molar-refractivity contribution in [3.05, 3.63) is 28.8 Å². The van der Waals surface area contributed by atoms with E-state index in [1.165, 1.54) is 19.3 Å². The van der Waals surface area contributed by atoms with Crippen molar-refractivity contribution < 1.29 is 4.79 Å². The molecular formula is C15H22ClN3O. The summed E-state index contributed by atoms with van der Waals surface area (Å²) >= 11 is 6.13. The van der Waals surface area contributed by atoms with Crippen LogP contribution >= 0.6 is 11.6 Å². The molecule has 1 amide bonds. The fraction of sp³-hybridized carbons (Fsp3) is 0.533. The largest absolute Gasteiger partial charge is 0.370 e. The molecule has 3 N–H and O–H groups in total. The number of nitrogens with two attached hydrogens (primary N) is 1. The first-order valence-electron chi connectivity index (χ1n) is 7.20. The molecule has 1 saturated heterocycles. The normalized spacial score (nSPS) is 18.8. The number of primary amides is 1. The lowest BCUT2D eigenvalue weighted by atomic mass is 10.0. The summed E-state index contributed by atoms with van der Waals surface area (Å²) in [6.45, 7) is 4.84. The first-order chi connectivity index (χ1) is 9.63. The van der Waals surface area contributed by atoms with Gasteiger partial charge >= 0.3 is 0 Å². The summed E-state index contributed by atoms with van der Waals surface area (Å²) in [4.78, 5) is 13.8. The maximum absolute atomic E-state index is 11.7. The van der Waals surface area contributed by atoms with E-state index in [1.54, 1.807) is 6.07 Å². The molecule has 0 aliphatic carbocycles. The van der Waals surface area contributed by atoms with Crippen LogP contribution in [-0.4, -0.2) is 31.6 Å². The molecule has 1 aromatic rings. The van der Waals surface area contributed by atoms with Crippen LogP contribution in [0.1, 0.15) is 36.5 Å². The van der Waals surface area contributed by atoms with Crippen molar-refractivity contribution >= 4 is 23.2 Å². The van der Waals surface area contributed by atoms with E-state index in [4.69, 9.17) is 17.3 Å². The van der Waals surface area contributed by atoms with E-state index in [2.05, 4.69) is 17.1 Å².